The van der Waals surface area contributed by atoms with Crippen molar-refractivity contribution in [1.29, 1.82) is 0 Å². The number of carbonyl (C=O) groups excluding carboxylic acids is 1. The third-order valence-corrected chi connectivity index (χ3v) is 6.14. The number of pyridine rings is 1. The highest BCUT2D eigenvalue weighted by atomic mass is 16.1. The first-order valence-corrected chi connectivity index (χ1v) is 11.8. The summed E-state index contributed by atoms with van der Waals surface area (Å²) in [6.45, 7) is 11.2. The quantitative estimate of drug-likeness (QED) is 0.415. The topological polar surface area (TPSA) is 57.3 Å². The van der Waals surface area contributed by atoms with Crippen molar-refractivity contribution < 1.29 is 4.79 Å². The Morgan fingerprint density at radius 1 is 1.03 bits per heavy atom. The molecule has 0 spiro atoms. The molecule has 2 aromatic carbocycles. The third-order valence-electron chi connectivity index (χ3n) is 6.14. The van der Waals surface area contributed by atoms with Crippen molar-refractivity contribution >= 4 is 23.1 Å². The van der Waals surface area contributed by atoms with Crippen molar-refractivity contribution in [2.75, 3.05) is 23.7 Å². The molecule has 1 amide bonds. The standard InChI is InChI=1S/C29H32N4O/c1-21-7-6-17-33(18-16-21)23(3)25-13-11-24(12-14-25)20-30-27-9-5-4-8-26(27)29(34)32-28-15-10-22(2)19-31-28/h4-5,7-15,19,30H,3,6,16-18,20H2,1-2H3,(H,31,32,34). The first kappa shape index (κ1) is 23.3. The normalized spacial score (nSPS) is 13.6. The second-order valence-electron chi connectivity index (χ2n) is 8.79. The predicted molar refractivity (Wildman–Crippen MR) is 141 cm³/mol. The Labute approximate surface area is 202 Å². The molecule has 1 aliphatic heterocycles. The molecule has 0 saturated heterocycles. The van der Waals surface area contributed by atoms with Crippen molar-refractivity contribution in [1.82, 2.24) is 9.88 Å². The summed E-state index contributed by atoms with van der Waals surface area (Å²) >= 11 is 0. The van der Waals surface area contributed by atoms with Gasteiger partial charge in [-0.25, -0.2) is 4.98 Å². The molecule has 2 N–H and O–H groups in total. The molecule has 2 heterocycles. The molecule has 0 atom stereocenters. The van der Waals surface area contributed by atoms with Gasteiger partial charge >= 0.3 is 0 Å². The van der Waals surface area contributed by atoms with Crippen LogP contribution in [0.2, 0.25) is 0 Å². The van der Waals surface area contributed by atoms with E-state index in [-0.39, 0.29) is 5.91 Å². The molecule has 1 aliphatic rings. The van der Waals surface area contributed by atoms with Crippen LogP contribution in [0.3, 0.4) is 0 Å². The van der Waals surface area contributed by atoms with Crippen LogP contribution >= 0.6 is 0 Å². The lowest BCUT2D eigenvalue weighted by molar-refractivity contribution is 0.102. The van der Waals surface area contributed by atoms with E-state index in [1.165, 1.54) is 5.57 Å². The maximum atomic E-state index is 12.8. The summed E-state index contributed by atoms with van der Waals surface area (Å²) in [7, 11) is 0. The van der Waals surface area contributed by atoms with Crippen LogP contribution in [0.4, 0.5) is 11.5 Å². The number of aromatic nitrogens is 1. The molecule has 0 bridgehead atoms. The Bertz CT molecular complexity index is 1180. The van der Waals surface area contributed by atoms with E-state index in [1.54, 1.807) is 6.20 Å². The van der Waals surface area contributed by atoms with Gasteiger partial charge in [-0.3, -0.25) is 4.79 Å². The first-order valence-electron chi connectivity index (χ1n) is 11.8. The van der Waals surface area contributed by atoms with Gasteiger partial charge < -0.3 is 15.5 Å². The number of nitrogens with one attached hydrogen (secondary N) is 2. The summed E-state index contributed by atoms with van der Waals surface area (Å²) in [6.07, 6.45) is 6.23. The predicted octanol–water partition coefficient (Wildman–Crippen LogP) is 6.27. The number of anilines is 2. The zero-order valence-electron chi connectivity index (χ0n) is 20.0. The zero-order chi connectivity index (χ0) is 23.9. The number of hydrogen-bond donors (Lipinski definition) is 2. The maximum Gasteiger partial charge on any atom is 0.258 e. The van der Waals surface area contributed by atoms with Gasteiger partial charge in [-0.15, -0.1) is 0 Å². The highest BCUT2D eigenvalue weighted by Crippen LogP contribution is 2.23. The molecular formula is C29H32N4O. The molecule has 0 saturated carbocycles. The fourth-order valence-corrected chi connectivity index (χ4v) is 4.02. The minimum Gasteiger partial charge on any atom is -0.380 e. The molecule has 5 nitrogen and oxygen atoms in total. The number of para-hydroxylation sites is 1. The molecule has 0 radical (unpaired) electrons. The zero-order valence-corrected chi connectivity index (χ0v) is 20.0. The van der Waals surface area contributed by atoms with Gasteiger partial charge in [0.05, 0.1) is 5.56 Å². The second kappa shape index (κ2) is 10.8. The molecule has 0 fully saturated rings. The number of nitrogens with zero attached hydrogens (tertiary/aromatic N) is 2. The van der Waals surface area contributed by atoms with E-state index in [4.69, 9.17) is 0 Å². The van der Waals surface area contributed by atoms with Crippen molar-refractivity contribution in [2.45, 2.75) is 33.2 Å². The van der Waals surface area contributed by atoms with Crippen molar-refractivity contribution in [3.63, 3.8) is 0 Å². The molecule has 34 heavy (non-hydrogen) atoms. The Balaban J connectivity index is 1.38. The van der Waals surface area contributed by atoms with E-state index in [0.29, 0.717) is 17.9 Å². The summed E-state index contributed by atoms with van der Waals surface area (Å²) < 4.78 is 0. The first-order chi connectivity index (χ1) is 16.5. The summed E-state index contributed by atoms with van der Waals surface area (Å²) in [5.41, 5.74) is 7.24. The Hall–Kier alpha value is -3.86. The summed E-state index contributed by atoms with van der Waals surface area (Å²) in [5.74, 6) is 0.352. The van der Waals surface area contributed by atoms with Crippen LogP contribution in [-0.2, 0) is 6.54 Å². The van der Waals surface area contributed by atoms with Crippen LogP contribution in [0.1, 0.15) is 46.8 Å². The number of amides is 1. The van der Waals surface area contributed by atoms with Gasteiger partial charge in [0.25, 0.3) is 5.91 Å². The molecular weight excluding hydrogens is 420 g/mol. The molecule has 5 heteroatoms. The fourth-order valence-electron chi connectivity index (χ4n) is 4.02. The smallest absolute Gasteiger partial charge is 0.258 e. The molecule has 0 unspecified atom stereocenters. The van der Waals surface area contributed by atoms with E-state index in [2.05, 4.69) is 64.4 Å². The van der Waals surface area contributed by atoms with Gasteiger partial charge in [0.1, 0.15) is 5.82 Å². The number of carbonyl (C=O) groups is 1. The molecule has 0 aliphatic carbocycles. The van der Waals surface area contributed by atoms with Crippen molar-refractivity contribution in [3.05, 3.63) is 107 Å². The summed E-state index contributed by atoms with van der Waals surface area (Å²) in [4.78, 5) is 19.5. The number of hydrogen-bond acceptors (Lipinski definition) is 4. The monoisotopic (exact) mass is 452 g/mol. The molecule has 1 aromatic heterocycles. The number of rotatable bonds is 7. The molecule has 4 rings (SSSR count). The van der Waals surface area contributed by atoms with Crippen molar-refractivity contribution in [2.24, 2.45) is 0 Å². The van der Waals surface area contributed by atoms with Gasteiger partial charge in [0, 0.05) is 37.2 Å². The van der Waals surface area contributed by atoms with Crippen LogP contribution in [0, 0.1) is 6.92 Å². The van der Waals surface area contributed by atoms with E-state index in [0.717, 1.165) is 54.0 Å². The van der Waals surface area contributed by atoms with Gasteiger partial charge in [-0.05, 0) is 61.6 Å². The number of benzene rings is 2. The Morgan fingerprint density at radius 3 is 2.59 bits per heavy atom. The van der Waals surface area contributed by atoms with E-state index in [9.17, 15) is 4.79 Å². The van der Waals surface area contributed by atoms with Crippen LogP contribution in [0.5, 0.6) is 0 Å². The largest absolute Gasteiger partial charge is 0.380 e. The average Bonchev–Trinajstić information content (AvgIpc) is 3.08. The Morgan fingerprint density at radius 2 is 1.82 bits per heavy atom. The lowest BCUT2D eigenvalue weighted by atomic mass is 10.1. The van der Waals surface area contributed by atoms with E-state index in [1.807, 2.05) is 43.3 Å². The highest BCUT2D eigenvalue weighted by molar-refractivity contribution is 6.07. The average molecular weight is 453 g/mol. The third kappa shape index (κ3) is 5.93. The van der Waals surface area contributed by atoms with Gasteiger partial charge in [-0.1, -0.05) is 60.7 Å². The van der Waals surface area contributed by atoms with E-state index < -0.39 is 0 Å². The highest BCUT2D eigenvalue weighted by Gasteiger charge is 2.13. The van der Waals surface area contributed by atoms with Gasteiger partial charge in [0.2, 0.25) is 0 Å². The maximum absolute atomic E-state index is 12.8. The van der Waals surface area contributed by atoms with Crippen LogP contribution in [-0.4, -0.2) is 28.9 Å². The minimum atomic E-state index is -0.187. The second-order valence-corrected chi connectivity index (χ2v) is 8.79. The lowest BCUT2D eigenvalue weighted by Gasteiger charge is -2.25. The molecule has 174 valence electrons. The van der Waals surface area contributed by atoms with Crippen LogP contribution in [0.25, 0.3) is 5.70 Å². The van der Waals surface area contributed by atoms with Gasteiger partial charge in [0.15, 0.2) is 0 Å². The number of aryl methyl sites for hydroxylation is 1. The summed E-state index contributed by atoms with van der Waals surface area (Å²) in [6, 6.07) is 19.8. The Kier molecular flexibility index (Phi) is 7.43. The van der Waals surface area contributed by atoms with Crippen LogP contribution < -0.4 is 10.6 Å². The van der Waals surface area contributed by atoms with Crippen LogP contribution in [0.15, 0.2) is 85.1 Å². The SMILES string of the molecule is C=C(c1ccc(CNc2ccccc2C(=O)Nc2ccc(C)cn2)cc1)N1CCC=C(C)CC1. The summed E-state index contributed by atoms with van der Waals surface area (Å²) in [5, 5.41) is 6.28. The lowest BCUT2D eigenvalue weighted by Crippen LogP contribution is -2.22. The van der Waals surface area contributed by atoms with E-state index >= 15 is 0 Å². The fraction of sp³-hybridized carbons (Fsp3) is 0.241. The molecule has 3 aromatic rings. The van der Waals surface area contributed by atoms with Crippen molar-refractivity contribution in [3.8, 4) is 0 Å². The van der Waals surface area contributed by atoms with Gasteiger partial charge in [-0.2, -0.15) is 0 Å². The minimum absolute atomic E-state index is 0.187.